The number of carbonyl (C=O) groups excluding carboxylic acids is 1. The van der Waals surface area contributed by atoms with Gasteiger partial charge in [0, 0.05) is 11.1 Å². The molecule has 1 amide bonds. The molecule has 1 N–H and O–H groups in total. The molecule has 0 fully saturated rings. The summed E-state index contributed by atoms with van der Waals surface area (Å²) >= 11 is 0. The Morgan fingerprint density at radius 3 is 2.88 bits per heavy atom. The number of rotatable bonds is 7. The molecule has 0 aliphatic heterocycles. The Bertz CT molecular complexity index is 1210. The molecule has 0 bridgehead atoms. The van der Waals surface area contributed by atoms with E-state index in [0.29, 0.717) is 35.1 Å². The second kappa shape index (κ2) is 9.43. The average molecular weight is 446 g/mol. The van der Waals surface area contributed by atoms with Crippen LogP contribution in [0.25, 0.3) is 22.8 Å². The Morgan fingerprint density at radius 1 is 1.33 bits per heavy atom. The Hall–Kier alpha value is -3.70. The number of fused-ring (bicyclic) bond motifs is 1. The highest BCUT2D eigenvalue weighted by Crippen LogP contribution is 2.37. The van der Waals surface area contributed by atoms with Crippen molar-refractivity contribution in [2.45, 2.75) is 38.8 Å². The number of carbonyl (C=O) groups is 1. The highest BCUT2D eigenvalue weighted by molar-refractivity contribution is 5.79. The smallest absolute Gasteiger partial charge is 0.258 e. The normalized spacial score (nSPS) is 14.9. The van der Waals surface area contributed by atoms with Crippen molar-refractivity contribution in [3.8, 4) is 34.7 Å². The van der Waals surface area contributed by atoms with Crippen LogP contribution < -0.4 is 10.1 Å². The Kier molecular flexibility index (Phi) is 6.43. The largest absolute Gasteiger partial charge is 0.490 e. The summed E-state index contributed by atoms with van der Waals surface area (Å²) < 4.78 is 11.2. The first-order chi connectivity index (χ1) is 15.9. The van der Waals surface area contributed by atoms with Gasteiger partial charge < -0.3 is 19.5 Å². The number of nitriles is 1. The van der Waals surface area contributed by atoms with Crippen molar-refractivity contribution < 1.29 is 14.1 Å². The molecule has 1 aliphatic carbocycles. The molecule has 1 aromatic heterocycles. The summed E-state index contributed by atoms with van der Waals surface area (Å²) in [5.74, 6) is 1.36. The number of benzene rings is 2. The third-order valence-electron chi connectivity index (χ3n) is 5.44. The molecule has 0 spiro atoms. The molecule has 0 saturated carbocycles. The number of ether oxygens (including phenoxy) is 1. The molecule has 33 heavy (non-hydrogen) atoms. The lowest BCUT2D eigenvalue weighted by molar-refractivity contribution is -0.122. The van der Waals surface area contributed by atoms with Crippen LogP contribution in [0.5, 0.6) is 5.75 Å². The molecule has 8 heteroatoms. The van der Waals surface area contributed by atoms with Gasteiger partial charge in [0.05, 0.1) is 24.3 Å². The molecule has 1 heterocycles. The van der Waals surface area contributed by atoms with Gasteiger partial charge in [-0.1, -0.05) is 23.4 Å². The Balaban J connectivity index is 1.59. The molecule has 0 radical (unpaired) electrons. The summed E-state index contributed by atoms with van der Waals surface area (Å²) in [4.78, 5) is 18.7. The number of amides is 1. The van der Waals surface area contributed by atoms with Crippen LogP contribution in [0, 0.1) is 11.3 Å². The van der Waals surface area contributed by atoms with Crippen LogP contribution in [0.15, 0.2) is 40.9 Å². The summed E-state index contributed by atoms with van der Waals surface area (Å²) in [7, 11) is 3.75. The number of likely N-dealkylation sites (N-methyl/N-ethyl adjacent to an activating group) is 1. The lowest BCUT2D eigenvalue weighted by Crippen LogP contribution is -2.35. The summed E-state index contributed by atoms with van der Waals surface area (Å²) in [5, 5.41) is 16.8. The maximum absolute atomic E-state index is 12.2. The van der Waals surface area contributed by atoms with E-state index in [2.05, 4.69) is 21.5 Å². The quantitative estimate of drug-likeness (QED) is 0.591. The molecular weight excluding hydrogens is 418 g/mol. The SMILES string of the molecule is CC(C)Oc1ccc(-c2nc(-c3cccc4c3CC[C@@H]4NC(=O)CN(C)C)no2)cc1C#N. The lowest BCUT2D eigenvalue weighted by Gasteiger charge is -2.16. The summed E-state index contributed by atoms with van der Waals surface area (Å²) in [6.07, 6.45) is 1.62. The third kappa shape index (κ3) is 4.89. The van der Waals surface area contributed by atoms with Crippen LogP contribution in [0.2, 0.25) is 0 Å². The Labute approximate surface area is 193 Å². The third-order valence-corrected chi connectivity index (χ3v) is 5.44. The van der Waals surface area contributed by atoms with Crippen LogP contribution >= 0.6 is 0 Å². The van der Waals surface area contributed by atoms with Crippen molar-refractivity contribution in [2.24, 2.45) is 0 Å². The van der Waals surface area contributed by atoms with Crippen LogP contribution in [0.1, 0.15) is 43.0 Å². The second-order valence-corrected chi connectivity index (χ2v) is 8.68. The number of nitrogens with zero attached hydrogens (tertiary/aromatic N) is 4. The van der Waals surface area contributed by atoms with Gasteiger partial charge in [-0.25, -0.2) is 0 Å². The van der Waals surface area contributed by atoms with Gasteiger partial charge in [0.2, 0.25) is 11.7 Å². The van der Waals surface area contributed by atoms with Crippen LogP contribution in [0.4, 0.5) is 0 Å². The van der Waals surface area contributed by atoms with Crippen molar-refractivity contribution in [3.63, 3.8) is 0 Å². The fraction of sp³-hybridized carbons (Fsp3) is 0.360. The van der Waals surface area contributed by atoms with E-state index >= 15 is 0 Å². The van der Waals surface area contributed by atoms with Crippen LogP contribution in [-0.4, -0.2) is 47.7 Å². The number of nitrogens with one attached hydrogen (secondary N) is 1. The maximum Gasteiger partial charge on any atom is 0.258 e. The van der Waals surface area contributed by atoms with Gasteiger partial charge in [0.1, 0.15) is 11.8 Å². The van der Waals surface area contributed by atoms with Crippen molar-refractivity contribution in [1.29, 1.82) is 5.26 Å². The van der Waals surface area contributed by atoms with E-state index in [-0.39, 0.29) is 18.1 Å². The number of aromatic nitrogens is 2. The van der Waals surface area contributed by atoms with Gasteiger partial charge in [-0.05, 0) is 70.1 Å². The fourth-order valence-electron chi connectivity index (χ4n) is 4.10. The Morgan fingerprint density at radius 2 is 2.15 bits per heavy atom. The van der Waals surface area contributed by atoms with Crippen LogP contribution in [-0.2, 0) is 11.2 Å². The van der Waals surface area contributed by atoms with Crippen LogP contribution in [0.3, 0.4) is 0 Å². The molecule has 4 rings (SSSR count). The molecule has 8 nitrogen and oxygen atoms in total. The highest BCUT2D eigenvalue weighted by Gasteiger charge is 2.27. The van der Waals surface area contributed by atoms with E-state index in [0.717, 1.165) is 29.5 Å². The van der Waals surface area contributed by atoms with Crippen molar-refractivity contribution in [2.75, 3.05) is 20.6 Å². The van der Waals surface area contributed by atoms with Gasteiger partial charge in [-0.3, -0.25) is 4.79 Å². The number of hydrogen-bond acceptors (Lipinski definition) is 7. The minimum Gasteiger partial charge on any atom is -0.490 e. The first-order valence-electron chi connectivity index (χ1n) is 11.0. The van der Waals surface area contributed by atoms with E-state index < -0.39 is 0 Å². The zero-order valence-electron chi connectivity index (χ0n) is 19.3. The standard InChI is InChI=1S/C25H27N5O3/c1-15(2)32-22-11-8-16(12-17(22)13-26)25-28-24(29-33-25)20-7-5-6-19-18(20)9-10-21(19)27-23(31)14-30(3)4/h5-8,11-12,15,21H,9-10,14H2,1-4H3,(H,27,31)/t21-/m0/s1. The predicted octanol–water partition coefficient (Wildman–Crippen LogP) is 3.73. The zero-order valence-corrected chi connectivity index (χ0v) is 19.3. The van der Waals surface area contributed by atoms with E-state index in [1.165, 1.54) is 0 Å². The summed E-state index contributed by atoms with van der Waals surface area (Å²) in [6.45, 7) is 4.18. The fourth-order valence-corrected chi connectivity index (χ4v) is 4.10. The van der Waals surface area contributed by atoms with Gasteiger partial charge >= 0.3 is 0 Å². The minimum absolute atomic E-state index is 0.00305. The maximum atomic E-state index is 12.2. The van der Waals surface area contributed by atoms with Crippen molar-refractivity contribution in [1.82, 2.24) is 20.4 Å². The molecule has 2 aromatic carbocycles. The molecular formula is C25H27N5O3. The monoisotopic (exact) mass is 445 g/mol. The summed E-state index contributed by atoms with van der Waals surface area (Å²) in [6, 6.07) is 13.4. The van der Waals surface area contributed by atoms with Gasteiger partial charge in [0.15, 0.2) is 0 Å². The van der Waals surface area contributed by atoms with Crippen molar-refractivity contribution in [3.05, 3.63) is 53.1 Å². The van der Waals surface area contributed by atoms with E-state index in [4.69, 9.17) is 9.26 Å². The van der Waals surface area contributed by atoms with E-state index in [1.807, 2.05) is 57.1 Å². The first-order valence-corrected chi connectivity index (χ1v) is 11.0. The topological polar surface area (TPSA) is 104 Å². The van der Waals surface area contributed by atoms with Gasteiger partial charge in [0.25, 0.3) is 5.89 Å². The molecule has 1 atom stereocenters. The highest BCUT2D eigenvalue weighted by atomic mass is 16.5. The molecule has 1 aliphatic rings. The molecule has 0 unspecified atom stereocenters. The van der Waals surface area contributed by atoms with Gasteiger partial charge in [-0.2, -0.15) is 10.2 Å². The second-order valence-electron chi connectivity index (χ2n) is 8.68. The van der Waals surface area contributed by atoms with E-state index in [1.54, 1.807) is 12.1 Å². The number of hydrogen-bond donors (Lipinski definition) is 1. The first kappa shape index (κ1) is 22.5. The minimum atomic E-state index is -0.0328. The predicted molar refractivity (Wildman–Crippen MR) is 123 cm³/mol. The molecule has 0 saturated heterocycles. The zero-order chi connectivity index (χ0) is 23.5. The molecule has 170 valence electrons. The summed E-state index contributed by atoms with van der Waals surface area (Å²) in [5.41, 5.74) is 4.18. The lowest BCUT2D eigenvalue weighted by atomic mass is 10.0. The van der Waals surface area contributed by atoms with E-state index in [9.17, 15) is 10.1 Å². The van der Waals surface area contributed by atoms with Gasteiger partial charge in [-0.15, -0.1) is 0 Å². The average Bonchev–Trinajstić information content (AvgIpc) is 3.41. The van der Waals surface area contributed by atoms with Crippen molar-refractivity contribution >= 4 is 5.91 Å². The molecule has 3 aromatic rings.